The molecule has 2 fully saturated rings. The summed E-state index contributed by atoms with van der Waals surface area (Å²) in [5.41, 5.74) is 1.66. The van der Waals surface area contributed by atoms with Crippen LogP contribution in [0.3, 0.4) is 0 Å². The number of hydrogen-bond donors (Lipinski definition) is 3. The first-order chi connectivity index (χ1) is 14.7. The van der Waals surface area contributed by atoms with Gasteiger partial charge in [0.15, 0.2) is 0 Å². The molecule has 160 valence electrons. The number of carbonyl (C=O) groups excluding carboxylic acids is 2. The van der Waals surface area contributed by atoms with E-state index in [1.54, 1.807) is 19.3 Å². The van der Waals surface area contributed by atoms with Crippen LogP contribution in [0.4, 0.5) is 5.82 Å². The van der Waals surface area contributed by atoms with Crippen molar-refractivity contribution >= 4 is 17.6 Å². The highest BCUT2D eigenvalue weighted by molar-refractivity contribution is 5.94. The highest BCUT2D eigenvalue weighted by atomic mass is 16.2. The average Bonchev–Trinajstić information content (AvgIpc) is 3.45. The van der Waals surface area contributed by atoms with Gasteiger partial charge in [0.2, 0.25) is 5.91 Å². The summed E-state index contributed by atoms with van der Waals surface area (Å²) in [6.07, 6.45) is 6.43. The van der Waals surface area contributed by atoms with Crippen molar-refractivity contribution in [3.8, 4) is 0 Å². The van der Waals surface area contributed by atoms with Crippen molar-refractivity contribution in [2.45, 2.75) is 37.8 Å². The molecule has 1 saturated carbocycles. The van der Waals surface area contributed by atoms with Crippen LogP contribution < -0.4 is 16.0 Å². The van der Waals surface area contributed by atoms with E-state index in [0.717, 1.165) is 43.9 Å². The lowest BCUT2D eigenvalue weighted by Crippen LogP contribution is -2.48. The summed E-state index contributed by atoms with van der Waals surface area (Å²) in [5.74, 6) is 0.634. The quantitative estimate of drug-likeness (QED) is 0.677. The monoisotopic (exact) mass is 410 g/mol. The molecule has 1 aliphatic heterocycles. The summed E-state index contributed by atoms with van der Waals surface area (Å²) in [4.78, 5) is 27.1. The van der Waals surface area contributed by atoms with Gasteiger partial charge in [-0.1, -0.05) is 25.0 Å². The van der Waals surface area contributed by atoms with E-state index in [2.05, 4.69) is 25.9 Å². The molecule has 4 rings (SSSR count). The SMILES string of the molecule is CNC(=O)c1cccc([C@@H]2CNCCN2CC(=O)Nc2ccnn2C2CCCC2)c1. The van der Waals surface area contributed by atoms with Crippen molar-refractivity contribution < 1.29 is 9.59 Å². The van der Waals surface area contributed by atoms with Crippen molar-refractivity contribution in [1.82, 2.24) is 25.3 Å². The molecular weight excluding hydrogens is 380 g/mol. The van der Waals surface area contributed by atoms with Crippen molar-refractivity contribution in [3.05, 3.63) is 47.7 Å². The molecule has 2 amide bonds. The van der Waals surface area contributed by atoms with Gasteiger partial charge in [-0.15, -0.1) is 0 Å². The summed E-state index contributed by atoms with van der Waals surface area (Å²) in [6, 6.07) is 9.93. The predicted octanol–water partition coefficient (Wildman–Crippen LogP) is 1.94. The zero-order chi connectivity index (χ0) is 20.9. The molecule has 0 bridgehead atoms. The van der Waals surface area contributed by atoms with E-state index in [4.69, 9.17) is 0 Å². The Hall–Kier alpha value is -2.71. The van der Waals surface area contributed by atoms with Crippen LogP contribution >= 0.6 is 0 Å². The predicted molar refractivity (Wildman–Crippen MR) is 115 cm³/mol. The highest BCUT2D eigenvalue weighted by Crippen LogP contribution is 2.31. The van der Waals surface area contributed by atoms with Gasteiger partial charge in [-0.25, -0.2) is 4.68 Å². The summed E-state index contributed by atoms with van der Waals surface area (Å²) < 4.78 is 1.97. The topological polar surface area (TPSA) is 91.3 Å². The molecule has 0 spiro atoms. The van der Waals surface area contributed by atoms with Crippen molar-refractivity contribution in [2.24, 2.45) is 0 Å². The number of aromatic nitrogens is 2. The first-order valence-corrected chi connectivity index (χ1v) is 10.8. The Morgan fingerprint density at radius 3 is 2.87 bits per heavy atom. The second-order valence-electron chi connectivity index (χ2n) is 8.04. The number of amides is 2. The molecule has 30 heavy (non-hydrogen) atoms. The molecule has 1 aliphatic carbocycles. The van der Waals surface area contributed by atoms with Crippen molar-refractivity contribution in [1.29, 1.82) is 0 Å². The number of nitrogens with zero attached hydrogens (tertiary/aromatic N) is 3. The maximum atomic E-state index is 12.9. The van der Waals surface area contributed by atoms with Gasteiger partial charge in [0, 0.05) is 44.4 Å². The molecule has 3 N–H and O–H groups in total. The first kappa shape index (κ1) is 20.6. The molecule has 2 aliphatic rings. The Balaban J connectivity index is 1.44. The van der Waals surface area contributed by atoms with E-state index >= 15 is 0 Å². The third-order valence-electron chi connectivity index (χ3n) is 6.07. The van der Waals surface area contributed by atoms with Gasteiger partial charge in [0.25, 0.3) is 5.91 Å². The van der Waals surface area contributed by atoms with Crippen LogP contribution in [0.2, 0.25) is 0 Å². The van der Waals surface area contributed by atoms with Gasteiger partial charge in [-0.05, 0) is 30.5 Å². The summed E-state index contributed by atoms with van der Waals surface area (Å²) >= 11 is 0. The van der Waals surface area contributed by atoms with E-state index in [1.807, 2.05) is 28.9 Å². The molecular formula is C22H30N6O2. The van der Waals surface area contributed by atoms with Gasteiger partial charge in [0.1, 0.15) is 5.82 Å². The Morgan fingerprint density at radius 1 is 1.23 bits per heavy atom. The Bertz CT molecular complexity index is 889. The molecule has 0 radical (unpaired) electrons. The first-order valence-electron chi connectivity index (χ1n) is 10.8. The van der Waals surface area contributed by atoms with Crippen LogP contribution in [0.1, 0.15) is 53.7 Å². The molecule has 1 aromatic heterocycles. The zero-order valence-corrected chi connectivity index (χ0v) is 17.4. The number of anilines is 1. The van der Waals surface area contributed by atoms with Crippen LogP contribution in [-0.4, -0.2) is 59.7 Å². The van der Waals surface area contributed by atoms with Crippen LogP contribution in [0.25, 0.3) is 0 Å². The summed E-state index contributed by atoms with van der Waals surface area (Å²) in [6.45, 7) is 2.64. The fourth-order valence-corrected chi connectivity index (χ4v) is 4.52. The van der Waals surface area contributed by atoms with Gasteiger partial charge in [0.05, 0.1) is 18.8 Å². The zero-order valence-electron chi connectivity index (χ0n) is 17.4. The maximum absolute atomic E-state index is 12.9. The Morgan fingerprint density at radius 2 is 2.07 bits per heavy atom. The molecule has 1 saturated heterocycles. The Labute approximate surface area is 177 Å². The summed E-state index contributed by atoms with van der Waals surface area (Å²) in [7, 11) is 1.63. The number of nitrogens with one attached hydrogen (secondary N) is 3. The van der Waals surface area contributed by atoms with Crippen LogP contribution in [-0.2, 0) is 4.79 Å². The number of carbonyl (C=O) groups is 2. The van der Waals surface area contributed by atoms with Gasteiger partial charge in [-0.2, -0.15) is 5.10 Å². The summed E-state index contributed by atoms with van der Waals surface area (Å²) in [5, 5.41) is 13.6. The highest BCUT2D eigenvalue weighted by Gasteiger charge is 2.27. The minimum absolute atomic E-state index is 0.0360. The van der Waals surface area contributed by atoms with E-state index in [1.165, 1.54) is 12.8 Å². The number of piperazine rings is 1. The standard InChI is InChI=1S/C22H30N6O2/c1-23-22(30)17-6-4-5-16(13-17)19-14-24-11-12-27(19)15-21(29)26-20-9-10-25-28(20)18-7-2-3-8-18/h4-6,9-10,13,18-19,24H,2-3,7-8,11-12,14-15H2,1H3,(H,23,30)(H,26,29)/t19-/m0/s1. The molecule has 0 unspecified atom stereocenters. The lowest BCUT2D eigenvalue weighted by Gasteiger charge is -2.36. The third-order valence-corrected chi connectivity index (χ3v) is 6.07. The molecule has 8 heteroatoms. The molecule has 1 aromatic carbocycles. The second kappa shape index (κ2) is 9.40. The number of rotatable bonds is 6. The van der Waals surface area contributed by atoms with Crippen LogP contribution in [0.15, 0.2) is 36.5 Å². The largest absolute Gasteiger partial charge is 0.355 e. The van der Waals surface area contributed by atoms with E-state index in [-0.39, 0.29) is 17.9 Å². The number of hydrogen-bond acceptors (Lipinski definition) is 5. The lowest BCUT2D eigenvalue weighted by atomic mass is 10.0. The second-order valence-corrected chi connectivity index (χ2v) is 8.04. The molecule has 8 nitrogen and oxygen atoms in total. The van der Waals surface area contributed by atoms with E-state index in [9.17, 15) is 9.59 Å². The van der Waals surface area contributed by atoms with Crippen molar-refractivity contribution in [3.63, 3.8) is 0 Å². The number of benzene rings is 1. The van der Waals surface area contributed by atoms with E-state index < -0.39 is 0 Å². The van der Waals surface area contributed by atoms with Gasteiger partial charge >= 0.3 is 0 Å². The smallest absolute Gasteiger partial charge is 0.251 e. The minimum Gasteiger partial charge on any atom is -0.355 e. The van der Waals surface area contributed by atoms with Gasteiger partial charge in [-0.3, -0.25) is 14.5 Å². The van der Waals surface area contributed by atoms with Crippen molar-refractivity contribution in [2.75, 3.05) is 38.5 Å². The average molecular weight is 411 g/mol. The molecule has 2 heterocycles. The minimum atomic E-state index is -0.106. The lowest BCUT2D eigenvalue weighted by molar-refractivity contribution is -0.118. The maximum Gasteiger partial charge on any atom is 0.251 e. The van der Waals surface area contributed by atoms with Crippen LogP contribution in [0, 0.1) is 0 Å². The fourth-order valence-electron chi connectivity index (χ4n) is 4.52. The Kier molecular flexibility index (Phi) is 6.44. The van der Waals surface area contributed by atoms with Gasteiger partial charge < -0.3 is 16.0 Å². The van der Waals surface area contributed by atoms with E-state index in [0.29, 0.717) is 18.2 Å². The molecule has 1 atom stereocenters. The third kappa shape index (κ3) is 4.55. The normalized spacial score (nSPS) is 20.2. The molecule has 2 aromatic rings. The fraction of sp³-hybridized carbons (Fsp3) is 0.500. The van der Waals surface area contributed by atoms with Crippen LogP contribution in [0.5, 0.6) is 0 Å².